The topological polar surface area (TPSA) is 63.7 Å². The minimum atomic E-state index is -3.47. The van der Waals surface area contributed by atoms with Crippen molar-refractivity contribution in [1.82, 2.24) is 4.31 Å². The molecule has 1 aromatic rings. The van der Waals surface area contributed by atoms with Crippen LogP contribution in [0.5, 0.6) is 0 Å². The van der Waals surface area contributed by atoms with Gasteiger partial charge >= 0.3 is 5.97 Å². The lowest BCUT2D eigenvalue weighted by Gasteiger charge is -2.29. The van der Waals surface area contributed by atoms with Gasteiger partial charge in [-0.1, -0.05) is 0 Å². The van der Waals surface area contributed by atoms with Crippen LogP contribution in [0.2, 0.25) is 0 Å². The van der Waals surface area contributed by atoms with Crippen LogP contribution in [0.3, 0.4) is 0 Å². The van der Waals surface area contributed by atoms with Crippen LogP contribution in [0.15, 0.2) is 16.3 Å². The molecule has 5 nitrogen and oxygen atoms in total. The molecule has 0 amide bonds. The largest absolute Gasteiger partial charge is 0.469 e. The van der Waals surface area contributed by atoms with Gasteiger partial charge in [-0.2, -0.15) is 4.31 Å². The Bertz CT molecular complexity index is 564. The summed E-state index contributed by atoms with van der Waals surface area (Å²) in [6.45, 7) is 2.55. The van der Waals surface area contributed by atoms with Gasteiger partial charge in [0.2, 0.25) is 0 Å². The van der Waals surface area contributed by atoms with Crippen molar-refractivity contribution < 1.29 is 17.9 Å². The summed E-state index contributed by atoms with van der Waals surface area (Å²) in [5.74, 6) is -0.683. The SMILES string of the molecule is COC(=O)[C@H]1CCCN(S(=O)(=O)c2ccc(C)s2)C1. The summed E-state index contributed by atoms with van der Waals surface area (Å²) in [5.41, 5.74) is 0. The van der Waals surface area contributed by atoms with Gasteiger partial charge in [0.25, 0.3) is 10.0 Å². The molecule has 0 N–H and O–H groups in total. The molecule has 2 rings (SSSR count). The van der Waals surface area contributed by atoms with Gasteiger partial charge in [0, 0.05) is 18.0 Å². The maximum Gasteiger partial charge on any atom is 0.309 e. The molecule has 1 fully saturated rings. The minimum Gasteiger partial charge on any atom is -0.469 e. The molecule has 106 valence electrons. The molecule has 19 heavy (non-hydrogen) atoms. The summed E-state index contributed by atoms with van der Waals surface area (Å²) < 4.78 is 31.3. The summed E-state index contributed by atoms with van der Waals surface area (Å²) in [7, 11) is -2.14. The number of methoxy groups -OCH3 is 1. The van der Waals surface area contributed by atoms with Crippen LogP contribution in [0.25, 0.3) is 0 Å². The number of hydrogen-bond acceptors (Lipinski definition) is 5. The molecule has 0 spiro atoms. The number of carbonyl (C=O) groups is 1. The van der Waals surface area contributed by atoms with E-state index >= 15 is 0 Å². The molecule has 1 saturated heterocycles. The molecule has 7 heteroatoms. The molecule has 2 heterocycles. The average molecular weight is 303 g/mol. The summed E-state index contributed by atoms with van der Waals surface area (Å²) in [6.07, 6.45) is 1.37. The standard InChI is InChI=1S/C12H17NO4S2/c1-9-5-6-11(18-9)19(15,16)13-7-3-4-10(8-13)12(14)17-2/h5-6,10H,3-4,7-8H2,1-2H3/t10-/m0/s1. The zero-order valence-electron chi connectivity index (χ0n) is 11.0. The number of rotatable bonds is 3. The lowest BCUT2D eigenvalue weighted by atomic mass is 10.0. The average Bonchev–Trinajstić information content (AvgIpc) is 2.85. The van der Waals surface area contributed by atoms with Gasteiger partial charge < -0.3 is 4.74 Å². The van der Waals surface area contributed by atoms with Crippen LogP contribution >= 0.6 is 11.3 Å². The monoisotopic (exact) mass is 303 g/mol. The number of esters is 1. The second kappa shape index (κ2) is 5.60. The van der Waals surface area contributed by atoms with Crippen molar-refractivity contribution in [1.29, 1.82) is 0 Å². The molecular weight excluding hydrogens is 286 g/mol. The van der Waals surface area contributed by atoms with E-state index in [9.17, 15) is 13.2 Å². The fourth-order valence-electron chi connectivity index (χ4n) is 2.20. The highest BCUT2D eigenvalue weighted by molar-refractivity contribution is 7.91. The number of aryl methyl sites for hydroxylation is 1. The number of sulfonamides is 1. The van der Waals surface area contributed by atoms with E-state index < -0.39 is 10.0 Å². The molecule has 1 atom stereocenters. The fourth-order valence-corrected chi connectivity index (χ4v) is 5.16. The highest BCUT2D eigenvalue weighted by Gasteiger charge is 2.34. The maximum absolute atomic E-state index is 12.4. The molecule has 0 radical (unpaired) electrons. The summed E-state index contributed by atoms with van der Waals surface area (Å²) in [4.78, 5) is 12.5. The molecule has 0 saturated carbocycles. The highest BCUT2D eigenvalue weighted by atomic mass is 32.2. The van der Waals surface area contributed by atoms with Crippen LogP contribution < -0.4 is 0 Å². The first-order valence-electron chi connectivity index (χ1n) is 6.09. The van der Waals surface area contributed by atoms with Gasteiger partial charge in [-0.05, 0) is 31.9 Å². The van der Waals surface area contributed by atoms with E-state index in [1.165, 1.54) is 22.8 Å². The van der Waals surface area contributed by atoms with Crippen molar-refractivity contribution in [2.45, 2.75) is 24.0 Å². The molecule has 1 aliphatic rings. The Morgan fingerprint density at radius 1 is 1.47 bits per heavy atom. The first-order chi connectivity index (χ1) is 8.95. The molecule has 0 unspecified atom stereocenters. The Labute approximate surface area is 117 Å². The Kier molecular flexibility index (Phi) is 4.27. The molecule has 1 aromatic heterocycles. The van der Waals surface area contributed by atoms with Gasteiger partial charge in [0.1, 0.15) is 4.21 Å². The van der Waals surface area contributed by atoms with E-state index in [2.05, 4.69) is 0 Å². The smallest absolute Gasteiger partial charge is 0.309 e. The Hall–Kier alpha value is -0.920. The van der Waals surface area contributed by atoms with Gasteiger partial charge in [-0.25, -0.2) is 8.42 Å². The first kappa shape index (κ1) is 14.5. The first-order valence-corrected chi connectivity index (χ1v) is 8.35. The Morgan fingerprint density at radius 2 is 2.21 bits per heavy atom. The molecular formula is C12H17NO4S2. The number of ether oxygens (including phenoxy) is 1. The predicted molar refractivity (Wildman–Crippen MR) is 72.6 cm³/mol. The van der Waals surface area contributed by atoms with Gasteiger partial charge in [-0.15, -0.1) is 11.3 Å². The van der Waals surface area contributed by atoms with Crippen molar-refractivity contribution in [2.24, 2.45) is 5.92 Å². The van der Waals surface area contributed by atoms with E-state index in [-0.39, 0.29) is 18.4 Å². The Balaban J connectivity index is 2.19. The summed E-state index contributed by atoms with van der Waals surface area (Å²) >= 11 is 1.26. The zero-order chi connectivity index (χ0) is 14.0. The number of thiophene rings is 1. The van der Waals surface area contributed by atoms with Crippen molar-refractivity contribution >= 4 is 27.3 Å². The van der Waals surface area contributed by atoms with E-state index in [0.29, 0.717) is 23.6 Å². The Morgan fingerprint density at radius 3 is 2.79 bits per heavy atom. The van der Waals surface area contributed by atoms with Crippen molar-refractivity contribution in [3.63, 3.8) is 0 Å². The fraction of sp³-hybridized carbons (Fsp3) is 0.583. The van der Waals surface area contributed by atoms with Crippen molar-refractivity contribution in [3.8, 4) is 0 Å². The summed E-state index contributed by atoms with van der Waals surface area (Å²) in [5, 5.41) is 0. The predicted octanol–water partition coefficient (Wildman–Crippen LogP) is 1.63. The van der Waals surface area contributed by atoms with Crippen LogP contribution in [-0.4, -0.2) is 38.9 Å². The lowest BCUT2D eigenvalue weighted by Crippen LogP contribution is -2.42. The van der Waals surface area contributed by atoms with Crippen molar-refractivity contribution in [2.75, 3.05) is 20.2 Å². The third kappa shape index (κ3) is 2.98. The maximum atomic E-state index is 12.4. The second-order valence-electron chi connectivity index (χ2n) is 4.59. The lowest BCUT2D eigenvalue weighted by molar-refractivity contribution is -0.146. The van der Waals surface area contributed by atoms with Crippen LogP contribution in [0, 0.1) is 12.8 Å². The van der Waals surface area contributed by atoms with Gasteiger partial charge in [0.05, 0.1) is 13.0 Å². The van der Waals surface area contributed by atoms with E-state index in [0.717, 1.165) is 4.88 Å². The zero-order valence-corrected chi connectivity index (χ0v) is 12.6. The quantitative estimate of drug-likeness (QED) is 0.796. The van der Waals surface area contributed by atoms with E-state index in [4.69, 9.17) is 4.74 Å². The number of piperidine rings is 1. The van der Waals surface area contributed by atoms with Crippen LogP contribution in [-0.2, 0) is 19.6 Å². The summed E-state index contributed by atoms with van der Waals surface area (Å²) in [6, 6.07) is 3.41. The highest BCUT2D eigenvalue weighted by Crippen LogP contribution is 2.28. The second-order valence-corrected chi connectivity index (χ2v) is 8.04. The molecule has 1 aliphatic heterocycles. The normalized spacial score (nSPS) is 21.3. The third-order valence-electron chi connectivity index (χ3n) is 3.23. The van der Waals surface area contributed by atoms with Crippen LogP contribution in [0.1, 0.15) is 17.7 Å². The third-order valence-corrected chi connectivity index (χ3v) is 6.56. The molecule has 0 aliphatic carbocycles. The molecule has 0 aromatic carbocycles. The van der Waals surface area contributed by atoms with Gasteiger partial charge in [0.15, 0.2) is 0 Å². The van der Waals surface area contributed by atoms with E-state index in [1.54, 1.807) is 12.1 Å². The van der Waals surface area contributed by atoms with Crippen LogP contribution in [0.4, 0.5) is 0 Å². The molecule has 0 bridgehead atoms. The number of hydrogen-bond donors (Lipinski definition) is 0. The number of carbonyl (C=O) groups excluding carboxylic acids is 1. The van der Waals surface area contributed by atoms with Gasteiger partial charge in [-0.3, -0.25) is 4.79 Å². The number of nitrogens with zero attached hydrogens (tertiary/aromatic N) is 1. The van der Waals surface area contributed by atoms with Crippen molar-refractivity contribution in [3.05, 3.63) is 17.0 Å². The minimum absolute atomic E-state index is 0.214. The van der Waals surface area contributed by atoms with E-state index in [1.807, 2.05) is 6.92 Å².